The van der Waals surface area contributed by atoms with Gasteiger partial charge in [-0.3, -0.25) is 4.79 Å². The SMILES string of the molecule is CS(=O)(=O)c1cccc(NC(=O)CCc2ncc(-c3ccccc3F)o2)c1. The zero-order chi connectivity index (χ0) is 19.4. The number of anilines is 1. The number of carbonyl (C=O) groups is 1. The largest absolute Gasteiger partial charge is 0.441 e. The van der Waals surface area contributed by atoms with Gasteiger partial charge in [-0.05, 0) is 30.3 Å². The Morgan fingerprint density at radius 3 is 2.70 bits per heavy atom. The smallest absolute Gasteiger partial charge is 0.224 e. The molecular weight excluding hydrogens is 371 g/mol. The number of halogens is 1. The van der Waals surface area contributed by atoms with Crippen LogP contribution >= 0.6 is 0 Å². The second kappa shape index (κ2) is 7.71. The van der Waals surface area contributed by atoms with E-state index in [1.807, 2.05) is 0 Å². The molecule has 0 aliphatic carbocycles. The van der Waals surface area contributed by atoms with Crippen molar-refractivity contribution in [3.05, 3.63) is 66.4 Å². The first-order valence-corrected chi connectivity index (χ1v) is 10.0. The van der Waals surface area contributed by atoms with Crippen LogP contribution in [0.15, 0.2) is 64.0 Å². The van der Waals surface area contributed by atoms with Gasteiger partial charge in [0.2, 0.25) is 5.91 Å². The van der Waals surface area contributed by atoms with Gasteiger partial charge in [0, 0.05) is 24.8 Å². The van der Waals surface area contributed by atoms with Crippen molar-refractivity contribution in [2.24, 2.45) is 0 Å². The van der Waals surface area contributed by atoms with Crippen molar-refractivity contribution >= 4 is 21.4 Å². The number of rotatable bonds is 6. The Morgan fingerprint density at radius 1 is 1.19 bits per heavy atom. The summed E-state index contributed by atoms with van der Waals surface area (Å²) in [6, 6.07) is 12.2. The van der Waals surface area contributed by atoms with Crippen LogP contribution in [0.5, 0.6) is 0 Å². The van der Waals surface area contributed by atoms with E-state index < -0.39 is 15.7 Å². The van der Waals surface area contributed by atoms with Gasteiger partial charge in [0.1, 0.15) is 5.82 Å². The molecule has 0 bridgehead atoms. The lowest BCUT2D eigenvalue weighted by molar-refractivity contribution is -0.116. The fourth-order valence-corrected chi connectivity index (χ4v) is 3.13. The van der Waals surface area contributed by atoms with Crippen molar-refractivity contribution in [1.29, 1.82) is 0 Å². The van der Waals surface area contributed by atoms with E-state index in [9.17, 15) is 17.6 Å². The summed E-state index contributed by atoms with van der Waals surface area (Å²) in [7, 11) is -3.35. The molecule has 27 heavy (non-hydrogen) atoms. The Morgan fingerprint density at radius 2 is 1.96 bits per heavy atom. The van der Waals surface area contributed by atoms with E-state index in [4.69, 9.17) is 4.42 Å². The predicted molar refractivity (Wildman–Crippen MR) is 98.4 cm³/mol. The highest BCUT2D eigenvalue weighted by atomic mass is 32.2. The van der Waals surface area contributed by atoms with Crippen LogP contribution < -0.4 is 5.32 Å². The van der Waals surface area contributed by atoms with E-state index in [1.54, 1.807) is 30.3 Å². The summed E-state index contributed by atoms with van der Waals surface area (Å²) in [5, 5.41) is 2.64. The van der Waals surface area contributed by atoms with Gasteiger partial charge in [-0.25, -0.2) is 17.8 Å². The van der Waals surface area contributed by atoms with Gasteiger partial charge in [0.25, 0.3) is 0 Å². The first-order valence-electron chi connectivity index (χ1n) is 8.12. The topological polar surface area (TPSA) is 89.3 Å². The molecule has 0 radical (unpaired) electrons. The van der Waals surface area contributed by atoms with Crippen LogP contribution in [0.3, 0.4) is 0 Å². The number of hydrogen-bond donors (Lipinski definition) is 1. The molecule has 2 aromatic carbocycles. The second-order valence-corrected chi connectivity index (χ2v) is 7.96. The molecule has 3 aromatic rings. The Balaban J connectivity index is 1.61. The lowest BCUT2D eigenvalue weighted by Crippen LogP contribution is -2.12. The quantitative estimate of drug-likeness (QED) is 0.699. The fraction of sp³-hybridized carbons (Fsp3) is 0.158. The van der Waals surface area contributed by atoms with Crippen molar-refractivity contribution < 1.29 is 22.0 Å². The molecule has 0 atom stereocenters. The molecule has 6 nitrogen and oxygen atoms in total. The molecule has 8 heteroatoms. The number of aryl methyl sites for hydroxylation is 1. The summed E-state index contributed by atoms with van der Waals surface area (Å²) in [5.74, 6) is -0.118. The van der Waals surface area contributed by atoms with Gasteiger partial charge in [-0.1, -0.05) is 18.2 Å². The maximum Gasteiger partial charge on any atom is 0.224 e. The van der Waals surface area contributed by atoms with Crippen molar-refractivity contribution in [3.8, 4) is 11.3 Å². The highest BCUT2D eigenvalue weighted by molar-refractivity contribution is 7.90. The first kappa shape index (κ1) is 18.8. The third kappa shape index (κ3) is 4.79. The van der Waals surface area contributed by atoms with Crippen LogP contribution in [0.2, 0.25) is 0 Å². The van der Waals surface area contributed by atoms with E-state index in [0.717, 1.165) is 6.26 Å². The molecule has 0 saturated carbocycles. The number of amides is 1. The molecule has 1 amide bonds. The van der Waals surface area contributed by atoms with Crippen LogP contribution in [0.1, 0.15) is 12.3 Å². The van der Waals surface area contributed by atoms with Crippen LogP contribution in [0.4, 0.5) is 10.1 Å². The number of hydrogen-bond acceptors (Lipinski definition) is 5. The maximum absolute atomic E-state index is 13.8. The molecular formula is C19H17FN2O4S. The average molecular weight is 388 g/mol. The Hall–Kier alpha value is -3.00. The van der Waals surface area contributed by atoms with Gasteiger partial charge >= 0.3 is 0 Å². The zero-order valence-electron chi connectivity index (χ0n) is 14.5. The van der Waals surface area contributed by atoms with E-state index >= 15 is 0 Å². The molecule has 0 unspecified atom stereocenters. The number of oxazole rings is 1. The first-order chi connectivity index (χ1) is 12.8. The van der Waals surface area contributed by atoms with Crippen LogP contribution in [-0.2, 0) is 21.1 Å². The van der Waals surface area contributed by atoms with Crippen LogP contribution in [0.25, 0.3) is 11.3 Å². The summed E-state index contributed by atoms with van der Waals surface area (Å²) < 4.78 is 42.4. The number of aromatic nitrogens is 1. The number of nitrogens with zero attached hydrogens (tertiary/aromatic N) is 1. The van der Waals surface area contributed by atoms with E-state index in [-0.39, 0.29) is 23.6 Å². The molecule has 1 N–H and O–H groups in total. The van der Waals surface area contributed by atoms with Crippen LogP contribution in [0, 0.1) is 5.82 Å². The summed E-state index contributed by atoms with van der Waals surface area (Å²) in [4.78, 5) is 16.3. The van der Waals surface area contributed by atoms with Gasteiger partial charge in [-0.2, -0.15) is 0 Å². The second-order valence-electron chi connectivity index (χ2n) is 5.95. The minimum Gasteiger partial charge on any atom is -0.441 e. The summed E-state index contributed by atoms with van der Waals surface area (Å²) >= 11 is 0. The maximum atomic E-state index is 13.8. The lowest BCUT2D eigenvalue weighted by atomic mass is 10.2. The monoisotopic (exact) mass is 388 g/mol. The molecule has 3 rings (SSSR count). The number of nitrogens with one attached hydrogen (secondary N) is 1. The third-order valence-corrected chi connectivity index (χ3v) is 4.91. The molecule has 1 aromatic heterocycles. The molecule has 0 aliphatic rings. The van der Waals surface area contributed by atoms with Crippen molar-refractivity contribution in [3.63, 3.8) is 0 Å². The molecule has 0 aliphatic heterocycles. The van der Waals surface area contributed by atoms with Crippen molar-refractivity contribution in [1.82, 2.24) is 4.98 Å². The van der Waals surface area contributed by atoms with E-state index in [0.29, 0.717) is 22.9 Å². The number of carbonyl (C=O) groups excluding carboxylic acids is 1. The summed E-state index contributed by atoms with van der Waals surface area (Å²) in [6.45, 7) is 0. The van der Waals surface area contributed by atoms with E-state index in [2.05, 4.69) is 10.3 Å². The molecule has 0 saturated heterocycles. The van der Waals surface area contributed by atoms with E-state index in [1.165, 1.54) is 24.4 Å². The molecule has 0 fully saturated rings. The third-order valence-electron chi connectivity index (χ3n) is 3.80. The van der Waals surface area contributed by atoms with Crippen molar-refractivity contribution in [2.45, 2.75) is 17.7 Å². The number of sulfone groups is 1. The highest BCUT2D eigenvalue weighted by Gasteiger charge is 2.13. The number of benzene rings is 2. The minimum absolute atomic E-state index is 0.0837. The predicted octanol–water partition coefficient (Wildman–Crippen LogP) is 3.46. The standard InChI is InChI=1S/C19H17FN2O4S/c1-27(24,25)14-6-4-5-13(11-14)22-18(23)9-10-19-21-12-17(26-19)15-7-2-3-8-16(15)20/h2-8,11-12H,9-10H2,1H3,(H,22,23). The Bertz CT molecular complexity index is 1080. The highest BCUT2D eigenvalue weighted by Crippen LogP contribution is 2.23. The summed E-state index contributed by atoms with van der Waals surface area (Å²) in [5.41, 5.74) is 0.695. The fourth-order valence-electron chi connectivity index (χ4n) is 2.46. The minimum atomic E-state index is -3.35. The van der Waals surface area contributed by atoms with Gasteiger partial charge in [0.05, 0.1) is 16.7 Å². The molecule has 0 spiro atoms. The van der Waals surface area contributed by atoms with Gasteiger partial charge in [-0.15, -0.1) is 0 Å². The Kier molecular flexibility index (Phi) is 5.36. The van der Waals surface area contributed by atoms with Gasteiger partial charge in [0.15, 0.2) is 21.5 Å². The molecule has 140 valence electrons. The normalized spacial score (nSPS) is 11.3. The zero-order valence-corrected chi connectivity index (χ0v) is 15.3. The van der Waals surface area contributed by atoms with Crippen molar-refractivity contribution in [2.75, 3.05) is 11.6 Å². The van der Waals surface area contributed by atoms with Gasteiger partial charge < -0.3 is 9.73 Å². The summed E-state index contributed by atoms with van der Waals surface area (Å²) in [6.07, 6.45) is 2.83. The average Bonchev–Trinajstić information content (AvgIpc) is 3.09. The Labute approximate surface area is 156 Å². The van der Waals surface area contributed by atoms with Crippen LogP contribution in [-0.4, -0.2) is 25.6 Å². The molecule has 1 heterocycles. The lowest BCUT2D eigenvalue weighted by Gasteiger charge is -2.06.